The van der Waals surface area contributed by atoms with Crippen LogP contribution in [0.25, 0.3) is 22.5 Å². The number of benzene rings is 2. The highest BCUT2D eigenvalue weighted by molar-refractivity contribution is 5.80. The normalized spacial score (nSPS) is 11.3. The molecule has 0 amide bonds. The van der Waals surface area contributed by atoms with E-state index >= 15 is 0 Å². The van der Waals surface area contributed by atoms with E-state index in [2.05, 4.69) is 30.7 Å². The molecule has 0 saturated carbocycles. The molecule has 2 aromatic heterocycles. The SMILES string of the molecule is CCCc1nc(C(F)F)nn1Cc1ccc(-c2ccccc2-c2nn[nH]n2)cc1. The van der Waals surface area contributed by atoms with Crippen LogP contribution in [0.15, 0.2) is 48.5 Å². The Hall–Kier alpha value is -3.49. The molecule has 4 rings (SSSR count). The summed E-state index contributed by atoms with van der Waals surface area (Å²) in [6.07, 6.45) is -1.25. The summed E-state index contributed by atoms with van der Waals surface area (Å²) in [5.74, 6) is 0.685. The van der Waals surface area contributed by atoms with Gasteiger partial charge < -0.3 is 0 Å². The van der Waals surface area contributed by atoms with Gasteiger partial charge in [0.2, 0.25) is 11.6 Å². The van der Waals surface area contributed by atoms with Gasteiger partial charge in [0.25, 0.3) is 6.43 Å². The third-order valence-corrected chi connectivity index (χ3v) is 4.54. The largest absolute Gasteiger partial charge is 0.299 e. The maximum atomic E-state index is 13.0. The zero-order valence-electron chi connectivity index (χ0n) is 15.8. The average Bonchev–Trinajstić information content (AvgIpc) is 3.40. The van der Waals surface area contributed by atoms with Gasteiger partial charge in [-0.05, 0) is 28.3 Å². The van der Waals surface area contributed by atoms with Crippen LogP contribution in [0, 0.1) is 0 Å². The number of aromatic amines is 1. The second-order valence-electron chi connectivity index (χ2n) is 6.57. The Labute approximate surface area is 165 Å². The average molecular weight is 395 g/mol. The number of aryl methyl sites for hydroxylation is 1. The number of rotatable bonds is 7. The van der Waals surface area contributed by atoms with Gasteiger partial charge in [0.1, 0.15) is 5.82 Å². The lowest BCUT2D eigenvalue weighted by Gasteiger charge is -2.09. The van der Waals surface area contributed by atoms with Crippen LogP contribution in [0.5, 0.6) is 0 Å². The van der Waals surface area contributed by atoms with Gasteiger partial charge in [-0.1, -0.05) is 55.5 Å². The molecule has 0 fully saturated rings. The Kier molecular flexibility index (Phi) is 5.37. The monoisotopic (exact) mass is 395 g/mol. The highest BCUT2D eigenvalue weighted by Gasteiger charge is 2.17. The molecular weight excluding hydrogens is 376 g/mol. The first-order valence-electron chi connectivity index (χ1n) is 9.29. The molecule has 4 aromatic rings. The number of alkyl halides is 2. The van der Waals surface area contributed by atoms with E-state index in [1.165, 1.54) is 0 Å². The fourth-order valence-electron chi connectivity index (χ4n) is 3.19. The molecule has 148 valence electrons. The molecule has 0 bridgehead atoms. The quantitative estimate of drug-likeness (QED) is 0.510. The lowest BCUT2D eigenvalue weighted by molar-refractivity contribution is 0.140. The smallest absolute Gasteiger partial charge is 0.245 e. The van der Waals surface area contributed by atoms with Crippen molar-refractivity contribution in [1.82, 2.24) is 35.4 Å². The van der Waals surface area contributed by atoms with E-state index in [1.54, 1.807) is 4.68 Å². The van der Waals surface area contributed by atoms with Gasteiger partial charge in [0, 0.05) is 12.0 Å². The first kappa shape index (κ1) is 18.9. The summed E-state index contributed by atoms with van der Waals surface area (Å²) in [4.78, 5) is 3.98. The molecule has 0 aliphatic heterocycles. The minimum absolute atomic E-state index is 0.391. The molecular formula is C20H19F2N7. The van der Waals surface area contributed by atoms with Crippen LogP contribution < -0.4 is 0 Å². The number of nitrogens with one attached hydrogen (secondary N) is 1. The van der Waals surface area contributed by atoms with E-state index < -0.39 is 12.2 Å². The number of hydrogen-bond acceptors (Lipinski definition) is 5. The van der Waals surface area contributed by atoms with Crippen molar-refractivity contribution in [3.8, 4) is 22.5 Å². The zero-order valence-corrected chi connectivity index (χ0v) is 15.8. The Bertz CT molecular complexity index is 1070. The summed E-state index contributed by atoms with van der Waals surface area (Å²) in [7, 11) is 0. The molecule has 0 unspecified atom stereocenters. The zero-order chi connectivity index (χ0) is 20.2. The fourth-order valence-corrected chi connectivity index (χ4v) is 3.19. The number of halogens is 2. The number of tetrazole rings is 1. The summed E-state index contributed by atoms with van der Waals surface area (Å²) >= 11 is 0. The summed E-state index contributed by atoms with van der Waals surface area (Å²) < 4.78 is 27.5. The standard InChI is InChI=1S/C20H19F2N7/c1-2-5-17-23-20(18(21)22)26-29(17)12-13-8-10-14(11-9-13)15-6-3-4-7-16(15)19-24-27-28-25-19/h3-4,6-11,18H,2,5,12H2,1H3,(H,24,25,27,28). The van der Waals surface area contributed by atoms with Gasteiger partial charge in [0.05, 0.1) is 6.54 Å². The Morgan fingerprint density at radius 1 is 1.03 bits per heavy atom. The van der Waals surface area contributed by atoms with Crippen LogP contribution in [-0.4, -0.2) is 35.4 Å². The minimum atomic E-state index is -2.67. The van der Waals surface area contributed by atoms with Gasteiger partial charge in [-0.2, -0.15) is 5.21 Å². The van der Waals surface area contributed by atoms with Crippen molar-refractivity contribution in [1.29, 1.82) is 0 Å². The lowest BCUT2D eigenvalue weighted by Crippen LogP contribution is -2.07. The van der Waals surface area contributed by atoms with Gasteiger partial charge in [-0.3, -0.25) is 0 Å². The second-order valence-corrected chi connectivity index (χ2v) is 6.57. The molecule has 0 saturated heterocycles. The summed E-state index contributed by atoms with van der Waals surface area (Å²) in [6.45, 7) is 2.37. The molecule has 9 heteroatoms. The number of aromatic nitrogens is 7. The molecule has 0 aliphatic rings. The van der Waals surface area contributed by atoms with Crippen molar-refractivity contribution < 1.29 is 8.78 Å². The molecule has 2 heterocycles. The van der Waals surface area contributed by atoms with Crippen LogP contribution in [0.2, 0.25) is 0 Å². The van der Waals surface area contributed by atoms with Gasteiger partial charge in [0.15, 0.2) is 0 Å². The fraction of sp³-hybridized carbons (Fsp3) is 0.250. The third kappa shape index (κ3) is 4.03. The summed E-state index contributed by atoms with van der Waals surface area (Å²) in [5, 5.41) is 18.2. The molecule has 0 radical (unpaired) electrons. The second kappa shape index (κ2) is 8.26. The topological polar surface area (TPSA) is 85.2 Å². The van der Waals surface area contributed by atoms with Gasteiger partial charge >= 0.3 is 0 Å². The Morgan fingerprint density at radius 3 is 2.45 bits per heavy atom. The van der Waals surface area contributed by atoms with E-state index in [-0.39, 0.29) is 0 Å². The van der Waals surface area contributed by atoms with E-state index in [0.717, 1.165) is 28.7 Å². The third-order valence-electron chi connectivity index (χ3n) is 4.54. The van der Waals surface area contributed by atoms with Crippen LogP contribution in [-0.2, 0) is 13.0 Å². The molecule has 0 spiro atoms. The predicted molar refractivity (Wildman–Crippen MR) is 103 cm³/mol. The van der Waals surface area contributed by atoms with Crippen molar-refractivity contribution in [3.63, 3.8) is 0 Å². The number of nitrogens with zero attached hydrogens (tertiary/aromatic N) is 6. The van der Waals surface area contributed by atoms with Crippen molar-refractivity contribution >= 4 is 0 Å². The molecule has 0 atom stereocenters. The Balaban J connectivity index is 1.60. The summed E-state index contributed by atoms with van der Waals surface area (Å²) in [5.41, 5.74) is 3.80. The van der Waals surface area contributed by atoms with E-state index in [0.29, 0.717) is 24.6 Å². The first-order chi connectivity index (χ1) is 14.2. The maximum absolute atomic E-state index is 13.0. The van der Waals surface area contributed by atoms with Gasteiger partial charge in [-0.15, -0.1) is 15.3 Å². The lowest BCUT2D eigenvalue weighted by atomic mass is 9.98. The van der Waals surface area contributed by atoms with Crippen molar-refractivity contribution in [2.24, 2.45) is 0 Å². The highest BCUT2D eigenvalue weighted by atomic mass is 19.3. The number of H-pyrrole nitrogens is 1. The highest BCUT2D eigenvalue weighted by Crippen LogP contribution is 2.29. The maximum Gasteiger partial charge on any atom is 0.299 e. The molecule has 7 nitrogen and oxygen atoms in total. The molecule has 2 aromatic carbocycles. The minimum Gasteiger partial charge on any atom is -0.245 e. The van der Waals surface area contributed by atoms with Gasteiger partial charge in [-0.25, -0.2) is 18.4 Å². The number of hydrogen-bond donors (Lipinski definition) is 1. The van der Waals surface area contributed by atoms with Crippen LogP contribution in [0.1, 0.15) is 37.0 Å². The van der Waals surface area contributed by atoms with E-state index in [1.807, 2.05) is 55.5 Å². The first-order valence-corrected chi connectivity index (χ1v) is 9.29. The van der Waals surface area contributed by atoms with Crippen molar-refractivity contribution in [3.05, 3.63) is 65.7 Å². The van der Waals surface area contributed by atoms with E-state index in [4.69, 9.17) is 0 Å². The van der Waals surface area contributed by atoms with Crippen LogP contribution in [0.4, 0.5) is 8.78 Å². The van der Waals surface area contributed by atoms with Crippen molar-refractivity contribution in [2.45, 2.75) is 32.7 Å². The molecule has 0 aliphatic carbocycles. The molecule has 29 heavy (non-hydrogen) atoms. The van der Waals surface area contributed by atoms with Crippen LogP contribution in [0.3, 0.4) is 0 Å². The Morgan fingerprint density at radius 2 is 1.79 bits per heavy atom. The van der Waals surface area contributed by atoms with Crippen molar-refractivity contribution in [2.75, 3.05) is 0 Å². The summed E-state index contributed by atoms with van der Waals surface area (Å²) in [6, 6.07) is 15.7. The molecule has 1 N–H and O–H groups in total. The van der Waals surface area contributed by atoms with Crippen LogP contribution >= 0.6 is 0 Å². The van der Waals surface area contributed by atoms with E-state index in [9.17, 15) is 8.78 Å². The predicted octanol–water partition coefficient (Wildman–Crippen LogP) is 4.06.